The van der Waals surface area contributed by atoms with Crippen molar-refractivity contribution in [2.45, 2.75) is 25.5 Å². The van der Waals surface area contributed by atoms with E-state index in [0.717, 1.165) is 16.8 Å². The maximum Gasteiger partial charge on any atom is 0.227 e. The van der Waals surface area contributed by atoms with Gasteiger partial charge in [0.15, 0.2) is 0 Å². The minimum Gasteiger partial charge on any atom is -0.326 e. The molecular formula is C21H24N6O3S. The van der Waals surface area contributed by atoms with Gasteiger partial charge < -0.3 is 5.32 Å². The summed E-state index contributed by atoms with van der Waals surface area (Å²) in [7, 11) is -3.40. The highest BCUT2D eigenvalue weighted by atomic mass is 32.2. The lowest BCUT2D eigenvalue weighted by atomic mass is 9.97. The Bertz CT molecular complexity index is 1140. The number of anilines is 1. The predicted molar refractivity (Wildman–Crippen MR) is 116 cm³/mol. The summed E-state index contributed by atoms with van der Waals surface area (Å²) >= 11 is 0. The third-order valence-corrected chi connectivity index (χ3v) is 7.35. The average Bonchev–Trinajstić information content (AvgIpc) is 3.31. The molecule has 0 atom stereocenters. The number of piperidine rings is 1. The number of hydrogen-bond donors (Lipinski definition) is 1. The molecule has 2 aromatic carbocycles. The highest BCUT2D eigenvalue weighted by molar-refractivity contribution is 7.88. The zero-order chi connectivity index (χ0) is 21.8. The molecule has 0 radical (unpaired) electrons. The Balaban J connectivity index is 1.37. The van der Waals surface area contributed by atoms with E-state index < -0.39 is 10.0 Å². The van der Waals surface area contributed by atoms with Gasteiger partial charge >= 0.3 is 0 Å². The summed E-state index contributed by atoms with van der Waals surface area (Å²) in [6.07, 6.45) is 2.47. The molecule has 0 spiro atoms. The lowest BCUT2D eigenvalue weighted by Gasteiger charge is -2.30. The third kappa shape index (κ3) is 4.97. The molecule has 0 unspecified atom stereocenters. The fraction of sp³-hybridized carbons (Fsp3) is 0.333. The quantitative estimate of drug-likeness (QED) is 0.629. The van der Waals surface area contributed by atoms with Gasteiger partial charge in [-0.2, -0.15) is 0 Å². The number of nitrogens with one attached hydrogen (secondary N) is 1. The minimum absolute atomic E-state index is 0.0200. The number of benzene rings is 2. The first-order chi connectivity index (χ1) is 14.9. The highest BCUT2D eigenvalue weighted by Gasteiger charge is 2.31. The van der Waals surface area contributed by atoms with Crippen molar-refractivity contribution in [1.82, 2.24) is 24.5 Å². The second-order valence-electron chi connectivity index (χ2n) is 7.66. The molecule has 1 fully saturated rings. The van der Waals surface area contributed by atoms with E-state index in [4.69, 9.17) is 0 Å². The molecule has 0 bridgehead atoms. The van der Waals surface area contributed by atoms with Gasteiger partial charge in [-0.15, -0.1) is 5.10 Å². The molecule has 0 saturated carbocycles. The van der Waals surface area contributed by atoms with Gasteiger partial charge in [-0.1, -0.05) is 36.4 Å². The van der Waals surface area contributed by atoms with Gasteiger partial charge in [0, 0.05) is 24.7 Å². The number of sulfonamides is 1. The van der Waals surface area contributed by atoms with Gasteiger partial charge in [-0.05, 0) is 53.5 Å². The maximum atomic E-state index is 12.8. The van der Waals surface area contributed by atoms with E-state index in [2.05, 4.69) is 20.8 Å². The summed E-state index contributed by atoms with van der Waals surface area (Å²) in [4.78, 5) is 12.8. The molecule has 3 aromatic rings. The molecule has 1 saturated heterocycles. The Morgan fingerprint density at radius 3 is 2.55 bits per heavy atom. The van der Waals surface area contributed by atoms with Gasteiger partial charge in [0.1, 0.15) is 6.33 Å². The molecular weight excluding hydrogens is 416 g/mol. The van der Waals surface area contributed by atoms with Crippen molar-refractivity contribution in [3.63, 3.8) is 0 Å². The molecule has 2 heterocycles. The standard InChI is InChI=1S/C21H24N6O3S/c1-16-7-8-19(27-15-22-24-25-27)13-20(16)23-21(28)18-9-11-26(12-10-18)31(29,30)14-17-5-3-2-4-6-17/h2-8,13,15,18H,9-12,14H2,1H3,(H,23,28). The highest BCUT2D eigenvalue weighted by Crippen LogP contribution is 2.25. The first-order valence-electron chi connectivity index (χ1n) is 10.1. The summed E-state index contributed by atoms with van der Waals surface area (Å²) in [5.74, 6) is -0.357. The van der Waals surface area contributed by atoms with Crippen LogP contribution < -0.4 is 5.32 Å². The molecule has 9 nitrogen and oxygen atoms in total. The fourth-order valence-corrected chi connectivity index (χ4v) is 5.24. The van der Waals surface area contributed by atoms with Crippen LogP contribution in [0.2, 0.25) is 0 Å². The Labute approximate surface area is 181 Å². The first-order valence-corrected chi connectivity index (χ1v) is 11.7. The van der Waals surface area contributed by atoms with Crippen LogP contribution in [-0.4, -0.2) is 51.9 Å². The number of carbonyl (C=O) groups excluding carboxylic acids is 1. The minimum atomic E-state index is -3.40. The fourth-order valence-electron chi connectivity index (χ4n) is 3.67. The second kappa shape index (κ2) is 8.94. The van der Waals surface area contributed by atoms with Gasteiger partial charge in [0.05, 0.1) is 11.4 Å². The van der Waals surface area contributed by atoms with Gasteiger partial charge in [0.25, 0.3) is 0 Å². The van der Waals surface area contributed by atoms with Crippen molar-refractivity contribution in [1.29, 1.82) is 0 Å². The van der Waals surface area contributed by atoms with Crippen molar-refractivity contribution in [3.8, 4) is 5.69 Å². The summed E-state index contributed by atoms with van der Waals surface area (Å²) < 4.78 is 28.5. The second-order valence-corrected chi connectivity index (χ2v) is 9.63. The third-order valence-electron chi connectivity index (χ3n) is 5.50. The predicted octanol–water partition coefficient (Wildman–Crippen LogP) is 2.15. The summed E-state index contributed by atoms with van der Waals surface area (Å²) in [5, 5.41) is 14.1. The maximum absolute atomic E-state index is 12.8. The molecule has 1 aliphatic rings. The number of hydrogen-bond acceptors (Lipinski definition) is 6. The van der Waals surface area contributed by atoms with Crippen LogP contribution in [0, 0.1) is 12.8 Å². The zero-order valence-electron chi connectivity index (χ0n) is 17.2. The molecule has 1 N–H and O–H groups in total. The number of nitrogens with zero attached hydrogens (tertiary/aromatic N) is 5. The van der Waals surface area contributed by atoms with Crippen LogP contribution in [-0.2, 0) is 20.6 Å². The monoisotopic (exact) mass is 440 g/mol. The van der Waals surface area contributed by atoms with Crippen molar-refractivity contribution in [3.05, 3.63) is 66.0 Å². The Morgan fingerprint density at radius 2 is 1.87 bits per heavy atom. The number of amides is 1. The lowest BCUT2D eigenvalue weighted by Crippen LogP contribution is -2.41. The van der Waals surface area contributed by atoms with Crippen molar-refractivity contribution >= 4 is 21.6 Å². The zero-order valence-corrected chi connectivity index (χ0v) is 18.0. The van der Waals surface area contributed by atoms with Crippen LogP contribution in [0.3, 0.4) is 0 Å². The number of tetrazole rings is 1. The number of aromatic nitrogens is 4. The molecule has 31 heavy (non-hydrogen) atoms. The van der Waals surface area contributed by atoms with Crippen LogP contribution in [0.25, 0.3) is 5.69 Å². The Kier molecular flexibility index (Phi) is 6.10. The Hall–Kier alpha value is -3.11. The number of carbonyl (C=O) groups is 1. The van der Waals surface area contributed by atoms with E-state index in [-0.39, 0.29) is 17.6 Å². The summed E-state index contributed by atoms with van der Waals surface area (Å²) in [5.41, 5.74) is 3.12. The molecule has 1 amide bonds. The van der Waals surface area contributed by atoms with Crippen LogP contribution in [0.15, 0.2) is 54.9 Å². The summed E-state index contributed by atoms with van der Waals surface area (Å²) in [6.45, 7) is 2.60. The van der Waals surface area contributed by atoms with Gasteiger partial charge in [-0.25, -0.2) is 17.4 Å². The largest absolute Gasteiger partial charge is 0.326 e. The van der Waals surface area contributed by atoms with Crippen molar-refractivity contribution in [2.24, 2.45) is 5.92 Å². The molecule has 10 heteroatoms. The van der Waals surface area contributed by atoms with E-state index in [1.54, 1.807) is 0 Å². The van der Waals surface area contributed by atoms with Gasteiger partial charge in [-0.3, -0.25) is 4.79 Å². The van der Waals surface area contributed by atoms with E-state index in [9.17, 15) is 13.2 Å². The molecule has 1 aromatic heterocycles. The van der Waals surface area contributed by atoms with Crippen LogP contribution in [0.1, 0.15) is 24.0 Å². The smallest absolute Gasteiger partial charge is 0.227 e. The van der Waals surface area contributed by atoms with E-state index in [0.29, 0.717) is 31.6 Å². The Morgan fingerprint density at radius 1 is 1.13 bits per heavy atom. The van der Waals surface area contributed by atoms with Crippen LogP contribution >= 0.6 is 0 Å². The topological polar surface area (TPSA) is 110 Å². The van der Waals surface area contributed by atoms with Crippen molar-refractivity contribution in [2.75, 3.05) is 18.4 Å². The molecule has 4 rings (SSSR count). The molecule has 162 valence electrons. The van der Waals surface area contributed by atoms with Crippen molar-refractivity contribution < 1.29 is 13.2 Å². The van der Waals surface area contributed by atoms with E-state index >= 15 is 0 Å². The van der Waals surface area contributed by atoms with Crippen LogP contribution in [0.4, 0.5) is 5.69 Å². The molecule has 1 aliphatic heterocycles. The van der Waals surface area contributed by atoms with E-state index in [1.807, 2.05) is 55.5 Å². The van der Waals surface area contributed by atoms with Gasteiger partial charge in [0.2, 0.25) is 15.9 Å². The lowest BCUT2D eigenvalue weighted by molar-refractivity contribution is -0.120. The normalized spacial score (nSPS) is 15.6. The van der Waals surface area contributed by atoms with Crippen LogP contribution in [0.5, 0.6) is 0 Å². The molecule has 0 aliphatic carbocycles. The first kappa shape index (κ1) is 21.1. The SMILES string of the molecule is Cc1ccc(-n2cnnn2)cc1NC(=O)C1CCN(S(=O)(=O)Cc2ccccc2)CC1. The average molecular weight is 441 g/mol. The number of rotatable bonds is 6. The number of aryl methyl sites for hydroxylation is 1. The summed E-state index contributed by atoms with van der Waals surface area (Å²) in [6, 6.07) is 14.7. The van der Waals surface area contributed by atoms with E-state index in [1.165, 1.54) is 15.3 Å².